The van der Waals surface area contributed by atoms with E-state index in [0.717, 1.165) is 0 Å². The predicted octanol–water partition coefficient (Wildman–Crippen LogP) is 2.60. The van der Waals surface area contributed by atoms with Gasteiger partial charge < -0.3 is 9.42 Å². The smallest absolute Gasteiger partial charge is 0.232 e. The Morgan fingerprint density at radius 2 is 2.29 bits per heavy atom. The predicted molar refractivity (Wildman–Crippen MR) is 74.5 cm³/mol. The van der Waals surface area contributed by atoms with Crippen molar-refractivity contribution in [2.45, 2.75) is 32.6 Å². The van der Waals surface area contributed by atoms with Crippen LogP contribution >= 0.6 is 0 Å². The summed E-state index contributed by atoms with van der Waals surface area (Å²) in [5.74, 6) is 0.763. The Balaban J connectivity index is 1.82. The minimum atomic E-state index is -0.272. The van der Waals surface area contributed by atoms with Crippen LogP contribution in [-0.2, 0) is 11.2 Å². The standard InChI is InChI=1S/C15H16FN3O2/c1-3-13-17-15(21-18-13)10-7-14(20)19(8-10)11-4-5-12(16)9(2)6-11/h4-6,10H,3,7-8H2,1-2H3. The number of rotatable bonds is 3. The molecular weight excluding hydrogens is 273 g/mol. The van der Waals surface area contributed by atoms with E-state index < -0.39 is 0 Å². The fourth-order valence-electron chi connectivity index (χ4n) is 2.50. The van der Waals surface area contributed by atoms with Gasteiger partial charge in [-0.3, -0.25) is 4.79 Å². The molecule has 110 valence electrons. The molecule has 21 heavy (non-hydrogen) atoms. The fraction of sp³-hybridized carbons (Fsp3) is 0.400. The summed E-state index contributed by atoms with van der Waals surface area (Å²) in [6, 6.07) is 4.68. The van der Waals surface area contributed by atoms with E-state index in [9.17, 15) is 9.18 Å². The number of carbonyl (C=O) groups excluding carboxylic acids is 1. The first kappa shape index (κ1) is 13.7. The third-order valence-electron chi connectivity index (χ3n) is 3.73. The molecule has 1 aliphatic heterocycles. The molecule has 1 aromatic carbocycles. The molecule has 1 aliphatic rings. The van der Waals surface area contributed by atoms with Crippen LogP contribution in [0.25, 0.3) is 0 Å². The van der Waals surface area contributed by atoms with E-state index >= 15 is 0 Å². The van der Waals surface area contributed by atoms with Gasteiger partial charge in [-0.05, 0) is 30.7 Å². The minimum absolute atomic E-state index is 0.0118. The third-order valence-corrected chi connectivity index (χ3v) is 3.73. The van der Waals surface area contributed by atoms with E-state index in [0.29, 0.717) is 42.4 Å². The summed E-state index contributed by atoms with van der Waals surface area (Å²) in [7, 11) is 0. The number of aryl methyl sites for hydroxylation is 2. The van der Waals surface area contributed by atoms with Gasteiger partial charge in [0.25, 0.3) is 0 Å². The average Bonchev–Trinajstić information content (AvgIpc) is 3.08. The van der Waals surface area contributed by atoms with Crippen molar-refractivity contribution in [3.63, 3.8) is 0 Å². The second kappa shape index (κ2) is 5.27. The largest absolute Gasteiger partial charge is 0.339 e. The van der Waals surface area contributed by atoms with Gasteiger partial charge in [-0.25, -0.2) is 4.39 Å². The number of carbonyl (C=O) groups is 1. The summed E-state index contributed by atoms with van der Waals surface area (Å²) >= 11 is 0. The lowest BCUT2D eigenvalue weighted by molar-refractivity contribution is -0.117. The van der Waals surface area contributed by atoms with E-state index in [1.807, 2.05) is 6.92 Å². The lowest BCUT2D eigenvalue weighted by Crippen LogP contribution is -2.24. The lowest BCUT2D eigenvalue weighted by Gasteiger charge is -2.16. The number of nitrogens with zero attached hydrogens (tertiary/aromatic N) is 3. The molecule has 1 aromatic heterocycles. The van der Waals surface area contributed by atoms with Gasteiger partial charge in [0.2, 0.25) is 11.8 Å². The molecule has 0 bridgehead atoms. The van der Waals surface area contributed by atoms with Gasteiger partial charge in [-0.1, -0.05) is 12.1 Å². The second-order valence-corrected chi connectivity index (χ2v) is 5.24. The Morgan fingerprint density at radius 1 is 1.48 bits per heavy atom. The number of benzene rings is 1. The first-order valence-corrected chi connectivity index (χ1v) is 6.97. The lowest BCUT2D eigenvalue weighted by atomic mass is 10.1. The molecule has 1 amide bonds. The summed E-state index contributed by atoms with van der Waals surface area (Å²) in [5, 5.41) is 3.86. The van der Waals surface area contributed by atoms with Gasteiger partial charge in [-0.2, -0.15) is 4.98 Å². The van der Waals surface area contributed by atoms with E-state index in [2.05, 4.69) is 10.1 Å². The molecule has 2 aromatic rings. The van der Waals surface area contributed by atoms with E-state index in [1.165, 1.54) is 6.07 Å². The molecule has 1 saturated heterocycles. The van der Waals surface area contributed by atoms with Crippen LogP contribution in [0, 0.1) is 12.7 Å². The number of hydrogen-bond donors (Lipinski definition) is 0. The Bertz CT molecular complexity index is 683. The number of halogens is 1. The van der Waals surface area contributed by atoms with Gasteiger partial charge in [0.1, 0.15) is 5.82 Å². The fourth-order valence-corrected chi connectivity index (χ4v) is 2.50. The Kier molecular flexibility index (Phi) is 3.45. The van der Waals surface area contributed by atoms with Gasteiger partial charge in [0, 0.05) is 25.1 Å². The first-order valence-electron chi connectivity index (χ1n) is 6.97. The van der Waals surface area contributed by atoms with Crippen LogP contribution in [0.1, 0.15) is 36.5 Å². The van der Waals surface area contributed by atoms with Crippen molar-refractivity contribution >= 4 is 11.6 Å². The van der Waals surface area contributed by atoms with Crippen molar-refractivity contribution in [3.05, 3.63) is 41.3 Å². The number of hydrogen-bond acceptors (Lipinski definition) is 4. The quantitative estimate of drug-likeness (QED) is 0.871. The maximum absolute atomic E-state index is 13.3. The van der Waals surface area contributed by atoms with Crippen LogP contribution in [0.5, 0.6) is 0 Å². The van der Waals surface area contributed by atoms with E-state index in [1.54, 1.807) is 24.0 Å². The highest BCUT2D eigenvalue weighted by atomic mass is 19.1. The van der Waals surface area contributed by atoms with Crippen LogP contribution in [0.15, 0.2) is 22.7 Å². The molecule has 3 rings (SSSR count). The molecule has 0 spiro atoms. The van der Waals surface area contributed by atoms with Crippen LogP contribution in [-0.4, -0.2) is 22.6 Å². The molecule has 1 fully saturated rings. The van der Waals surface area contributed by atoms with Crippen LogP contribution in [0.4, 0.5) is 10.1 Å². The zero-order valence-electron chi connectivity index (χ0n) is 12.0. The summed E-state index contributed by atoms with van der Waals surface area (Å²) in [5.41, 5.74) is 1.23. The van der Waals surface area contributed by atoms with Crippen molar-refractivity contribution in [1.29, 1.82) is 0 Å². The van der Waals surface area contributed by atoms with Gasteiger partial charge in [-0.15, -0.1) is 0 Å². The van der Waals surface area contributed by atoms with Gasteiger partial charge >= 0.3 is 0 Å². The highest BCUT2D eigenvalue weighted by Gasteiger charge is 2.35. The second-order valence-electron chi connectivity index (χ2n) is 5.24. The van der Waals surface area contributed by atoms with Crippen molar-refractivity contribution in [1.82, 2.24) is 10.1 Å². The molecule has 2 heterocycles. The van der Waals surface area contributed by atoms with Crippen molar-refractivity contribution in [2.75, 3.05) is 11.4 Å². The van der Waals surface area contributed by atoms with Crippen molar-refractivity contribution in [2.24, 2.45) is 0 Å². The van der Waals surface area contributed by atoms with Gasteiger partial charge in [0.15, 0.2) is 5.82 Å². The Labute approximate surface area is 121 Å². The van der Waals surface area contributed by atoms with Crippen LogP contribution in [0.3, 0.4) is 0 Å². The Morgan fingerprint density at radius 3 is 2.95 bits per heavy atom. The molecular formula is C15H16FN3O2. The highest BCUT2D eigenvalue weighted by Crippen LogP contribution is 2.31. The summed E-state index contributed by atoms with van der Waals surface area (Å²) in [4.78, 5) is 18.1. The topological polar surface area (TPSA) is 59.2 Å². The highest BCUT2D eigenvalue weighted by molar-refractivity contribution is 5.96. The summed E-state index contributed by atoms with van der Waals surface area (Å²) in [6.45, 7) is 4.11. The first-order chi connectivity index (χ1) is 10.1. The molecule has 0 aliphatic carbocycles. The summed E-state index contributed by atoms with van der Waals surface area (Å²) < 4.78 is 18.5. The number of aromatic nitrogens is 2. The van der Waals surface area contributed by atoms with Crippen molar-refractivity contribution in [3.8, 4) is 0 Å². The average molecular weight is 289 g/mol. The third kappa shape index (κ3) is 2.53. The van der Waals surface area contributed by atoms with Crippen molar-refractivity contribution < 1.29 is 13.7 Å². The molecule has 6 heteroatoms. The van der Waals surface area contributed by atoms with Crippen LogP contribution < -0.4 is 4.90 Å². The molecule has 5 nitrogen and oxygen atoms in total. The minimum Gasteiger partial charge on any atom is -0.339 e. The molecule has 0 N–H and O–H groups in total. The van der Waals surface area contributed by atoms with Crippen LogP contribution in [0.2, 0.25) is 0 Å². The number of amides is 1. The Hall–Kier alpha value is -2.24. The van der Waals surface area contributed by atoms with Gasteiger partial charge in [0.05, 0.1) is 5.92 Å². The zero-order chi connectivity index (χ0) is 15.0. The monoisotopic (exact) mass is 289 g/mol. The number of anilines is 1. The maximum atomic E-state index is 13.3. The molecule has 1 unspecified atom stereocenters. The summed E-state index contributed by atoms with van der Waals surface area (Å²) in [6.07, 6.45) is 1.03. The molecule has 0 saturated carbocycles. The SMILES string of the molecule is CCc1noc(C2CC(=O)N(c3ccc(F)c(C)c3)C2)n1. The molecule has 0 radical (unpaired) electrons. The molecule has 1 atom stereocenters. The normalized spacial score (nSPS) is 18.5. The van der Waals surface area contributed by atoms with E-state index in [-0.39, 0.29) is 17.6 Å². The maximum Gasteiger partial charge on any atom is 0.232 e. The zero-order valence-corrected chi connectivity index (χ0v) is 12.0. The van der Waals surface area contributed by atoms with E-state index in [4.69, 9.17) is 4.52 Å².